The van der Waals surface area contributed by atoms with E-state index in [0.717, 1.165) is 16.9 Å². The fourth-order valence-electron chi connectivity index (χ4n) is 3.22. The van der Waals surface area contributed by atoms with Crippen LogP contribution in [0, 0.1) is 17.1 Å². The van der Waals surface area contributed by atoms with Crippen molar-refractivity contribution < 1.29 is 13.9 Å². The van der Waals surface area contributed by atoms with Gasteiger partial charge in [-0.25, -0.2) is 4.39 Å². The van der Waals surface area contributed by atoms with Gasteiger partial charge in [0.25, 0.3) is 5.91 Å². The van der Waals surface area contributed by atoms with Gasteiger partial charge in [-0.05, 0) is 54.6 Å². The van der Waals surface area contributed by atoms with Crippen molar-refractivity contribution in [3.63, 3.8) is 0 Å². The Morgan fingerprint density at radius 3 is 2.59 bits per heavy atom. The molecule has 32 heavy (non-hydrogen) atoms. The summed E-state index contributed by atoms with van der Waals surface area (Å²) in [5, 5.41) is 13.5. The van der Waals surface area contributed by atoms with Crippen molar-refractivity contribution in [2.45, 2.75) is 13.0 Å². The summed E-state index contributed by atoms with van der Waals surface area (Å²) in [4.78, 5) is 14.9. The molecule has 1 aliphatic rings. The lowest BCUT2D eigenvalue weighted by atomic mass is 10.1. The third-order valence-corrected chi connectivity index (χ3v) is 6.07. The van der Waals surface area contributed by atoms with Gasteiger partial charge in [0, 0.05) is 17.3 Å². The number of nitrogens with zero attached hydrogens (tertiary/aromatic N) is 4. The quantitative estimate of drug-likeness (QED) is 0.377. The Kier molecular flexibility index (Phi) is 6.35. The number of rotatable bonds is 6. The summed E-state index contributed by atoms with van der Waals surface area (Å²) in [5.41, 5.74) is 2.77. The van der Waals surface area contributed by atoms with Gasteiger partial charge in [-0.2, -0.15) is 10.4 Å². The molecule has 9 heteroatoms. The number of aryl methyl sites for hydroxylation is 1. The van der Waals surface area contributed by atoms with Gasteiger partial charge in [-0.3, -0.25) is 14.4 Å². The Labute approximate surface area is 193 Å². The molecule has 0 bridgehead atoms. The molecule has 0 spiro atoms. The van der Waals surface area contributed by atoms with Crippen LogP contribution < -0.4 is 9.64 Å². The predicted octanol–water partition coefficient (Wildman–Crippen LogP) is 5.02. The topological polar surface area (TPSA) is 71.2 Å². The van der Waals surface area contributed by atoms with E-state index >= 15 is 0 Å². The lowest BCUT2D eigenvalue weighted by Crippen LogP contribution is -2.27. The molecular weight excluding hydrogens is 447 g/mol. The molecule has 0 saturated carbocycles. The van der Waals surface area contributed by atoms with Crippen LogP contribution in [0.1, 0.15) is 12.0 Å². The summed E-state index contributed by atoms with van der Waals surface area (Å²) in [6, 6.07) is 15.2. The molecule has 0 aliphatic carbocycles. The predicted molar refractivity (Wildman–Crippen MR) is 126 cm³/mol. The zero-order valence-electron chi connectivity index (χ0n) is 17.0. The maximum absolute atomic E-state index is 13.3. The molecule has 2 aromatic carbocycles. The number of carbonyl (C=O) groups is 1. The molecule has 1 amide bonds. The molecule has 0 N–H and O–H groups in total. The number of ether oxygens (including phenoxy) is 1. The zero-order valence-corrected chi connectivity index (χ0v) is 18.6. The van der Waals surface area contributed by atoms with E-state index in [1.54, 1.807) is 24.1 Å². The number of nitriles is 1. The van der Waals surface area contributed by atoms with Gasteiger partial charge >= 0.3 is 0 Å². The molecule has 160 valence electrons. The first-order valence-electron chi connectivity index (χ1n) is 9.62. The standard InChI is InChI=1S/C23H17FN4O2S2/c1-30-19-9-3-15(4-10-19)21-16(14-27(26-21)12-2-11-25)13-20-22(29)28(23(31)32-20)18-7-5-17(24)6-8-18/h3-10,13-14H,2,12H2,1H3/b20-13-. The Balaban J connectivity index is 1.71. The van der Waals surface area contributed by atoms with Gasteiger partial charge < -0.3 is 4.74 Å². The van der Waals surface area contributed by atoms with Crippen molar-refractivity contribution in [2.24, 2.45) is 0 Å². The van der Waals surface area contributed by atoms with E-state index in [9.17, 15) is 9.18 Å². The molecule has 6 nitrogen and oxygen atoms in total. The van der Waals surface area contributed by atoms with Crippen LogP contribution in [0.15, 0.2) is 59.6 Å². The van der Waals surface area contributed by atoms with E-state index < -0.39 is 0 Å². The first-order chi connectivity index (χ1) is 15.5. The molecule has 1 saturated heterocycles. The smallest absolute Gasteiger partial charge is 0.270 e. The normalized spacial score (nSPS) is 14.8. The summed E-state index contributed by atoms with van der Waals surface area (Å²) >= 11 is 6.58. The molecule has 1 aromatic heterocycles. The lowest BCUT2D eigenvalue weighted by molar-refractivity contribution is -0.113. The van der Waals surface area contributed by atoms with Crippen LogP contribution in [0.3, 0.4) is 0 Å². The van der Waals surface area contributed by atoms with Gasteiger partial charge in [-0.1, -0.05) is 24.0 Å². The maximum atomic E-state index is 13.3. The molecule has 2 heterocycles. The van der Waals surface area contributed by atoms with E-state index in [1.165, 1.54) is 40.9 Å². The Morgan fingerprint density at radius 2 is 1.94 bits per heavy atom. The van der Waals surface area contributed by atoms with E-state index in [4.69, 9.17) is 22.2 Å². The van der Waals surface area contributed by atoms with Crippen molar-refractivity contribution in [3.8, 4) is 23.1 Å². The van der Waals surface area contributed by atoms with Gasteiger partial charge in [0.2, 0.25) is 0 Å². The Hall–Kier alpha value is -3.48. The SMILES string of the molecule is COc1ccc(-c2nn(CCC#N)cc2/C=C2\SC(=S)N(c3ccc(F)cc3)C2=O)cc1. The van der Waals surface area contributed by atoms with Crippen molar-refractivity contribution in [2.75, 3.05) is 12.0 Å². The van der Waals surface area contributed by atoms with Crippen LogP contribution in [-0.4, -0.2) is 27.1 Å². The highest BCUT2D eigenvalue weighted by Gasteiger charge is 2.33. The molecule has 4 rings (SSSR count). The van der Waals surface area contributed by atoms with Crippen LogP contribution in [0.2, 0.25) is 0 Å². The second kappa shape index (κ2) is 9.34. The number of thiocarbonyl (C=S) groups is 1. The van der Waals surface area contributed by atoms with Crippen molar-refractivity contribution >= 4 is 46.0 Å². The molecule has 1 fully saturated rings. The number of anilines is 1. The second-order valence-electron chi connectivity index (χ2n) is 6.83. The van der Waals surface area contributed by atoms with E-state index in [2.05, 4.69) is 11.2 Å². The fourth-order valence-corrected chi connectivity index (χ4v) is 4.51. The number of hydrogen-bond donors (Lipinski definition) is 0. The summed E-state index contributed by atoms with van der Waals surface area (Å²) in [7, 11) is 1.60. The largest absolute Gasteiger partial charge is 0.497 e. The van der Waals surface area contributed by atoms with Crippen molar-refractivity contribution in [3.05, 3.63) is 71.0 Å². The number of amides is 1. The fraction of sp³-hybridized carbons (Fsp3) is 0.130. The van der Waals surface area contributed by atoms with Crippen LogP contribution in [-0.2, 0) is 11.3 Å². The molecule has 3 aromatic rings. The monoisotopic (exact) mass is 464 g/mol. The summed E-state index contributed by atoms with van der Waals surface area (Å²) in [6.45, 7) is 0.435. The van der Waals surface area contributed by atoms with E-state index in [1.807, 2.05) is 24.3 Å². The average molecular weight is 465 g/mol. The Morgan fingerprint density at radius 1 is 1.22 bits per heavy atom. The second-order valence-corrected chi connectivity index (χ2v) is 8.50. The maximum Gasteiger partial charge on any atom is 0.270 e. The van der Waals surface area contributed by atoms with Gasteiger partial charge in [0.15, 0.2) is 4.32 Å². The summed E-state index contributed by atoms with van der Waals surface area (Å²) in [6.07, 6.45) is 3.87. The van der Waals surface area contributed by atoms with Crippen LogP contribution in [0.25, 0.3) is 17.3 Å². The van der Waals surface area contributed by atoms with Crippen molar-refractivity contribution in [1.82, 2.24) is 9.78 Å². The van der Waals surface area contributed by atoms with Gasteiger partial charge in [-0.15, -0.1) is 0 Å². The minimum Gasteiger partial charge on any atom is -0.497 e. The number of hydrogen-bond acceptors (Lipinski definition) is 6. The average Bonchev–Trinajstić information content (AvgIpc) is 3.33. The lowest BCUT2D eigenvalue weighted by Gasteiger charge is -2.14. The number of aromatic nitrogens is 2. The molecule has 0 unspecified atom stereocenters. The molecule has 0 radical (unpaired) electrons. The zero-order chi connectivity index (χ0) is 22.7. The first kappa shape index (κ1) is 21.7. The Bertz CT molecular complexity index is 1240. The number of thioether (sulfide) groups is 1. The van der Waals surface area contributed by atoms with Crippen molar-refractivity contribution in [1.29, 1.82) is 5.26 Å². The number of methoxy groups -OCH3 is 1. The molecular formula is C23H17FN4O2S2. The highest BCUT2D eigenvalue weighted by atomic mass is 32.2. The number of halogens is 1. The van der Waals surface area contributed by atoms with Crippen LogP contribution in [0.4, 0.5) is 10.1 Å². The summed E-state index contributed by atoms with van der Waals surface area (Å²) in [5.74, 6) is 0.0556. The number of benzene rings is 2. The van der Waals surface area contributed by atoms with Gasteiger partial charge in [0.05, 0.1) is 42.4 Å². The highest BCUT2D eigenvalue weighted by Crippen LogP contribution is 2.37. The third kappa shape index (κ3) is 4.42. The van der Waals surface area contributed by atoms with Gasteiger partial charge in [0.1, 0.15) is 11.6 Å². The molecule has 0 atom stereocenters. The minimum atomic E-state index is -0.386. The third-order valence-electron chi connectivity index (χ3n) is 4.77. The summed E-state index contributed by atoms with van der Waals surface area (Å²) < 4.78 is 20.6. The van der Waals surface area contributed by atoms with Crippen LogP contribution >= 0.6 is 24.0 Å². The first-order valence-corrected chi connectivity index (χ1v) is 10.8. The minimum absolute atomic E-state index is 0.280. The number of carbonyl (C=O) groups excluding carboxylic acids is 1. The highest BCUT2D eigenvalue weighted by molar-refractivity contribution is 8.27. The van der Waals surface area contributed by atoms with Crippen LogP contribution in [0.5, 0.6) is 5.75 Å². The molecule has 1 aliphatic heterocycles. The van der Waals surface area contributed by atoms with E-state index in [0.29, 0.717) is 33.6 Å². The van der Waals surface area contributed by atoms with E-state index in [-0.39, 0.29) is 11.7 Å².